The zero-order valence-corrected chi connectivity index (χ0v) is 16.2. The number of nitrogens with zero attached hydrogens (tertiary/aromatic N) is 1. The van der Waals surface area contributed by atoms with Gasteiger partial charge in [-0.1, -0.05) is 25.2 Å². The fourth-order valence-electron chi connectivity index (χ4n) is 3.69. The second-order valence-electron chi connectivity index (χ2n) is 7.64. The number of amides is 1. The molecule has 3 rings (SSSR count). The molecule has 1 aromatic heterocycles. The third kappa shape index (κ3) is 3.52. The third-order valence-corrected chi connectivity index (χ3v) is 6.77. The lowest BCUT2D eigenvalue weighted by molar-refractivity contribution is -0.274. The van der Waals surface area contributed by atoms with Crippen molar-refractivity contribution >= 4 is 38.6 Å². The molecule has 0 radical (unpaired) electrons. The van der Waals surface area contributed by atoms with Crippen LogP contribution in [-0.2, 0) is 9.59 Å². The molecular formula is C18H19F3N2O4S. The number of thiazole rings is 1. The lowest BCUT2D eigenvalue weighted by Crippen LogP contribution is -2.43. The van der Waals surface area contributed by atoms with E-state index in [2.05, 4.69) is 15.0 Å². The van der Waals surface area contributed by atoms with E-state index in [1.807, 2.05) is 0 Å². The largest absolute Gasteiger partial charge is 0.573 e. The first-order chi connectivity index (χ1) is 12.8. The molecule has 152 valence electrons. The van der Waals surface area contributed by atoms with Crippen LogP contribution in [0.4, 0.5) is 18.3 Å². The highest BCUT2D eigenvalue weighted by molar-refractivity contribution is 7.22. The molecule has 0 bridgehead atoms. The van der Waals surface area contributed by atoms with E-state index in [9.17, 15) is 27.9 Å². The zero-order valence-electron chi connectivity index (χ0n) is 15.4. The molecule has 1 heterocycles. The predicted molar refractivity (Wildman–Crippen MR) is 97.2 cm³/mol. The second kappa shape index (κ2) is 6.61. The van der Waals surface area contributed by atoms with Gasteiger partial charge in [-0.2, -0.15) is 0 Å². The molecule has 1 aliphatic carbocycles. The smallest absolute Gasteiger partial charge is 0.481 e. The number of carbonyl (C=O) groups is 2. The molecule has 2 aromatic rings. The SMILES string of the molecule is CC1(C(=O)O)CCC(C(=O)Nc2nc3ccc(OC(F)(F)F)cc3s2)C1(C)C. The number of aromatic nitrogens is 1. The van der Waals surface area contributed by atoms with Gasteiger partial charge in [0, 0.05) is 12.0 Å². The van der Waals surface area contributed by atoms with E-state index in [0.29, 0.717) is 23.1 Å². The highest BCUT2D eigenvalue weighted by Crippen LogP contribution is 2.56. The van der Waals surface area contributed by atoms with Gasteiger partial charge in [0.1, 0.15) is 5.75 Å². The Bertz CT molecular complexity index is 941. The van der Waals surface area contributed by atoms with E-state index in [1.165, 1.54) is 12.1 Å². The highest BCUT2D eigenvalue weighted by atomic mass is 32.1. The minimum Gasteiger partial charge on any atom is -0.481 e. The first-order valence-corrected chi connectivity index (χ1v) is 9.36. The van der Waals surface area contributed by atoms with Crippen molar-refractivity contribution in [1.29, 1.82) is 0 Å². The van der Waals surface area contributed by atoms with Crippen LogP contribution in [-0.4, -0.2) is 28.3 Å². The summed E-state index contributed by atoms with van der Waals surface area (Å²) in [5, 5.41) is 12.5. The van der Waals surface area contributed by atoms with E-state index in [-0.39, 0.29) is 16.8 Å². The Kier molecular flexibility index (Phi) is 4.81. The topological polar surface area (TPSA) is 88.5 Å². The van der Waals surface area contributed by atoms with Gasteiger partial charge in [0.2, 0.25) is 5.91 Å². The molecule has 6 nitrogen and oxygen atoms in total. The van der Waals surface area contributed by atoms with Gasteiger partial charge in [-0.15, -0.1) is 13.2 Å². The average Bonchev–Trinajstić information content (AvgIpc) is 3.04. The van der Waals surface area contributed by atoms with Crippen molar-refractivity contribution in [3.63, 3.8) is 0 Å². The molecule has 2 unspecified atom stereocenters. The van der Waals surface area contributed by atoms with Crippen molar-refractivity contribution in [1.82, 2.24) is 4.98 Å². The standard InChI is InChI=1S/C18H19F3N2O4S/c1-16(2)10(6-7-17(16,3)14(25)26)13(24)23-15-22-11-5-4-9(8-12(11)28-15)27-18(19,20)21/h4-5,8,10H,6-7H2,1-3H3,(H,25,26)(H,22,23,24). The molecule has 0 saturated heterocycles. The molecule has 10 heteroatoms. The summed E-state index contributed by atoms with van der Waals surface area (Å²) in [5.74, 6) is -2.17. The number of benzene rings is 1. The van der Waals surface area contributed by atoms with Crippen molar-refractivity contribution in [2.45, 2.75) is 40.0 Å². The normalized spacial score (nSPS) is 24.3. The lowest BCUT2D eigenvalue weighted by Gasteiger charge is -2.37. The van der Waals surface area contributed by atoms with Crippen LogP contribution in [0.25, 0.3) is 10.2 Å². The average molecular weight is 416 g/mol. The number of carboxylic acid groups (broad SMARTS) is 1. The Balaban J connectivity index is 1.79. The minimum atomic E-state index is -4.79. The number of nitrogens with one attached hydrogen (secondary N) is 1. The fourth-order valence-corrected chi connectivity index (χ4v) is 4.59. The van der Waals surface area contributed by atoms with Gasteiger partial charge >= 0.3 is 12.3 Å². The number of halogens is 3. The Morgan fingerprint density at radius 1 is 1.32 bits per heavy atom. The van der Waals surface area contributed by atoms with Crippen LogP contribution >= 0.6 is 11.3 Å². The molecular weight excluding hydrogens is 397 g/mol. The molecule has 28 heavy (non-hydrogen) atoms. The van der Waals surface area contributed by atoms with Crippen molar-refractivity contribution in [3.8, 4) is 5.75 Å². The Labute approximate surface area is 162 Å². The maximum Gasteiger partial charge on any atom is 0.573 e. The molecule has 2 N–H and O–H groups in total. The van der Waals surface area contributed by atoms with Gasteiger partial charge < -0.3 is 15.2 Å². The van der Waals surface area contributed by atoms with Gasteiger partial charge in [-0.25, -0.2) is 4.98 Å². The van der Waals surface area contributed by atoms with Crippen molar-refractivity contribution in [3.05, 3.63) is 18.2 Å². The summed E-state index contributed by atoms with van der Waals surface area (Å²) in [7, 11) is 0. The number of rotatable bonds is 4. The Hall–Kier alpha value is -2.36. The van der Waals surface area contributed by atoms with Crippen molar-refractivity contribution in [2.75, 3.05) is 5.32 Å². The van der Waals surface area contributed by atoms with E-state index in [1.54, 1.807) is 20.8 Å². The van der Waals surface area contributed by atoms with Crippen LogP contribution in [0.2, 0.25) is 0 Å². The van der Waals surface area contributed by atoms with Crippen LogP contribution in [0.15, 0.2) is 18.2 Å². The number of carboxylic acids is 1. The Morgan fingerprint density at radius 3 is 2.57 bits per heavy atom. The number of carbonyl (C=O) groups excluding carboxylic acids is 1. The van der Waals surface area contributed by atoms with Crippen LogP contribution in [0, 0.1) is 16.7 Å². The number of hydrogen-bond donors (Lipinski definition) is 2. The summed E-state index contributed by atoms with van der Waals surface area (Å²) in [6.07, 6.45) is -3.98. The summed E-state index contributed by atoms with van der Waals surface area (Å²) in [4.78, 5) is 28.7. The molecule has 1 aliphatic rings. The van der Waals surface area contributed by atoms with E-state index >= 15 is 0 Å². The quantitative estimate of drug-likeness (QED) is 0.757. The minimum absolute atomic E-state index is 0.240. The molecule has 0 spiro atoms. The maximum absolute atomic E-state index is 12.8. The number of ether oxygens (including phenoxy) is 1. The summed E-state index contributed by atoms with van der Waals surface area (Å²) in [5.41, 5.74) is -1.37. The summed E-state index contributed by atoms with van der Waals surface area (Å²) < 4.78 is 41.4. The Morgan fingerprint density at radius 2 is 2.00 bits per heavy atom. The maximum atomic E-state index is 12.8. The third-order valence-electron chi connectivity index (χ3n) is 5.84. The van der Waals surface area contributed by atoms with Crippen molar-refractivity contribution < 1.29 is 32.6 Å². The van der Waals surface area contributed by atoms with Crippen LogP contribution < -0.4 is 10.1 Å². The van der Waals surface area contributed by atoms with E-state index in [4.69, 9.17) is 0 Å². The fraction of sp³-hybridized carbons (Fsp3) is 0.500. The monoisotopic (exact) mass is 416 g/mol. The number of fused-ring (bicyclic) bond motifs is 1. The van der Waals surface area contributed by atoms with Crippen LogP contribution in [0.5, 0.6) is 5.75 Å². The van der Waals surface area contributed by atoms with Gasteiger partial charge in [0.15, 0.2) is 5.13 Å². The first kappa shape index (κ1) is 20.4. The van der Waals surface area contributed by atoms with Gasteiger partial charge in [0.25, 0.3) is 0 Å². The molecule has 1 aromatic carbocycles. The van der Waals surface area contributed by atoms with Gasteiger partial charge in [0.05, 0.1) is 15.6 Å². The molecule has 2 atom stereocenters. The van der Waals surface area contributed by atoms with E-state index in [0.717, 1.165) is 17.4 Å². The van der Waals surface area contributed by atoms with Crippen LogP contribution in [0.3, 0.4) is 0 Å². The molecule has 1 saturated carbocycles. The van der Waals surface area contributed by atoms with Gasteiger partial charge in [-0.05, 0) is 37.3 Å². The highest BCUT2D eigenvalue weighted by Gasteiger charge is 2.58. The predicted octanol–water partition coefficient (Wildman–Crippen LogP) is 4.66. The molecule has 1 fully saturated rings. The number of aliphatic carboxylic acids is 1. The second-order valence-corrected chi connectivity index (χ2v) is 8.67. The van der Waals surface area contributed by atoms with E-state index < -0.39 is 29.1 Å². The number of alkyl halides is 3. The molecule has 1 amide bonds. The number of hydrogen-bond acceptors (Lipinski definition) is 5. The van der Waals surface area contributed by atoms with Crippen LogP contribution in [0.1, 0.15) is 33.6 Å². The summed E-state index contributed by atoms with van der Waals surface area (Å²) in [6, 6.07) is 3.74. The number of anilines is 1. The summed E-state index contributed by atoms with van der Waals surface area (Å²) >= 11 is 1.02. The van der Waals surface area contributed by atoms with Crippen molar-refractivity contribution in [2.24, 2.45) is 16.7 Å². The van der Waals surface area contributed by atoms with Gasteiger partial charge in [-0.3, -0.25) is 9.59 Å². The zero-order chi connectivity index (χ0) is 20.9. The molecule has 0 aliphatic heterocycles. The lowest BCUT2D eigenvalue weighted by atomic mass is 9.65. The first-order valence-electron chi connectivity index (χ1n) is 8.54. The summed E-state index contributed by atoms with van der Waals surface area (Å²) in [6.45, 7) is 5.16.